The number of nitrogens with zero attached hydrogens (tertiary/aromatic N) is 2. The van der Waals surface area contributed by atoms with E-state index in [-0.39, 0.29) is 18.2 Å². The smallest absolute Gasteiger partial charge is 0.123 e. The third-order valence-corrected chi connectivity index (χ3v) is 4.76. The van der Waals surface area contributed by atoms with Gasteiger partial charge in [-0.1, -0.05) is 0 Å². The Balaban J connectivity index is 0.00000225. The number of hydrogen-bond acceptors (Lipinski definition) is 4. The van der Waals surface area contributed by atoms with Gasteiger partial charge in [0.2, 0.25) is 0 Å². The SMILES string of the molecule is CN(C)C(CNCc1cn[nH]c1-c1ccc(F)cc1)c1ccsc1.Cl. The van der Waals surface area contributed by atoms with Crippen molar-refractivity contribution in [3.05, 3.63) is 64.2 Å². The molecule has 0 aliphatic carbocycles. The highest BCUT2D eigenvalue weighted by Crippen LogP contribution is 2.23. The summed E-state index contributed by atoms with van der Waals surface area (Å²) in [6, 6.07) is 8.95. The van der Waals surface area contributed by atoms with Crippen LogP contribution in [0.15, 0.2) is 47.3 Å². The van der Waals surface area contributed by atoms with Crippen LogP contribution in [-0.4, -0.2) is 35.7 Å². The molecule has 3 rings (SSSR count). The maximum Gasteiger partial charge on any atom is 0.123 e. The first kappa shape index (κ1) is 19.6. The first-order chi connectivity index (χ1) is 11.6. The van der Waals surface area contributed by atoms with Crippen LogP contribution >= 0.6 is 23.7 Å². The standard InChI is InChI=1S/C18H21FN4S.ClH/c1-23(2)17(14-7-8-24-12-14)11-20-9-15-10-21-22-18(15)13-3-5-16(19)6-4-13;/h3-8,10,12,17,20H,9,11H2,1-2H3,(H,21,22);1H. The van der Waals surface area contributed by atoms with E-state index in [9.17, 15) is 4.39 Å². The molecule has 0 saturated heterocycles. The van der Waals surface area contributed by atoms with E-state index >= 15 is 0 Å². The molecule has 0 aliphatic rings. The van der Waals surface area contributed by atoms with Crippen LogP contribution < -0.4 is 5.32 Å². The van der Waals surface area contributed by atoms with E-state index in [1.165, 1.54) is 17.7 Å². The van der Waals surface area contributed by atoms with E-state index in [0.717, 1.165) is 23.4 Å². The van der Waals surface area contributed by atoms with Gasteiger partial charge >= 0.3 is 0 Å². The zero-order valence-corrected chi connectivity index (χ0v) is 15.8. The van der Waals surface area contributed by atoms with Crippen LogP contribution in [0.25, 0.3) is 11.3 Å². The van der Waals surface area contributed by atoms with Gasteiger partial charge in [0.1, 0.15) is 5.82 Å². The molecule has 134 valence electrons. The third kappa shape index (κ3) is 4.89. The molecule has 0 fully saturated rings. The zero-order valence-electron chi connectivity index (χ0n) is 14.2. The van der Waals surface area contributed by atoms with E-state index < -0.39 is 0 Å². The Kier molecular flexibility index (Phi) is 7.13. The van der Waals surface area contributed by atoms with Crippen molar-refractivity contribution >= 4 is 23.7 Å². The van der Waals surface area contributed by atoms with Gasteiger partial charge in [-0.15, -0.1) is 12.4 Å². The molecule has 0 amide bonds. The Morgan fingerprint density at radius 1 is 1.24 bits per heavy atom. The van der Waals surface area contributed by atoms with Gasteiger partial charge in [0.15, 0.2) is 0 Å². The number of thiophene rings is 1. The lowest BCUT2D eigenvalue weighted by Gasteiger charge is -2.24. The second kappa shape index (κ2) is 9.10. The van der Waals surface area contributed by atoms with E-state index in [0.29, 0.717) is 12.6 Å². The number of aromatic nitrogens is 2. The van der Waals surface area contributed by atoms with Gasteiger partial charge in [-0.3, -0.25) is 5.10 Å². The predicted octanol–water partition coefficient (Wildman–Crippen LogP) is 4.09. The van der Waals surface area contributed by atoms with E-state index in [4.69, 9.17) is 0 Å². The molecule has 0 radical (unpaired) electrons. The highest BCUT2D eigenvalue weighted by molar-refractivity contribution is 7.07. The fraction of sp³-hybridized carbons (Fsp3) is 0.278. The second-order valence-electron chi connectivity index (χ2n) is 5.94. The molecule has 0 bridgehead atoms. The molecule has 2 N–H and O–H groups in total. The molecule has 2 heterocycles. The van der Waals surface area contributed by atoms with Gasteiger partial charge in [-0.25, -0.2) is 4.39 Å². The van der Waals surface area contributed by atoms with Gasteiger partial charge in [-0.2, -0.15) is 16.4 Å². The Hall–Kier alpha value is -1.73. The normalized spacial score (nSPS) is 12.2. The van der Waals surface area contributed by atoms with Crippen molar-refractivity contribution in [1.29, 1.82) is 0 Å². The van der Waals surface area contributed by atoms with Gasteiger partial charge in [0.05, 0.1) is 11.9 Å². The van der Waals surface area contributed by atoms with Crippen molar-refractivity contribution in [1.82, 2.24) is 20.4 Å². The Bertz CT molecular complexity index is 756. The van der Waals surface area contributed by atoms with Crippen LogP contribution in [0, 0.1) is 5.82 Å². The molecule has 1 unspecified atom stereocenters. The fourth-order valence-electron chi connectivity index (χ4n) is 2.72. The highest BCUT2D eigenvalue weighted by Gasteiger charge is 2.15. The van der Waals surface area contributed by atoms with Crippen molar-refractivity contribution in [2.75, 3.05) is 20.6 Å². The van der Waals surface area contributed by atoms with Gasteiger partial charge < -0.3 is 10.2 Å². The Labute approximate surface area is 157 Å². The molecule has 3 aromatic rings. The van der Waals surface area contributed by atoms with E-state index in [2.05, 4.69) is 51.3 Å². The summed E-state index contributed by atoms with van der Waals surface area (Å²) < 4.78 is 13.1. The third-order valence-electron chi connectivity index (χ3n) is 4.06. The summed E-state index contributed by atoms with van der Waals surface area (Å²) in [5, 5.41) is 14.9. The van der Waals surface area contributed by atoms with E-state index in [1.807, 2.05) is 6.20 Å². The van der Waals surface area contributed by atoms with E-state index in [1.54, 1.807) is 23.5 Å². The van der Waals surface area contributed by atoms with Crippen LogP contribution in [-0.2, 0) is 6.54 Å². The van der Waals surface area contributed by atoms with Crippen molar-refractivity contribution in [2.45, 2.75) is 12.6 Å². The molecule has 0 spiro atoms. The minimum Gasteiger partial charge on any atom is -0.311 e. The zero-order chi connectivity index (χ0) is 16.9. The van der Waals surface area contributed by atoms with Crippen LogP contribution in [0.1, 0.15) is 17.2 Å². The summed E-state index contributed by atoms with van der Waals surface area (Å²) in [7, 11) is 4.18. The number of aromatic amines is 1. The first-order valence-corrected chi connectivity index (χ1v) is 8.77. The molecule has 4 nitrogen and oxygen atoms in total. The lowest BCUT2D eigenvalue weighted by Crippen LogP contribution is -2.30. The maximum atomic E-state index is 13.1. The second-order valence-corrected chi connectivity index (χ2v) is 6.72. The van der Waals surface area contributed by atoms with Crippen LogP contribution in [0.5, 0.6) is 0 Å². The molecule has 0 aliphatic heterocycles. The van der Waals surface area contributed by atoms with Gasteiger partial charge in [0.25, 0.3) is 0 Å². The summed E-state index contributed by atoms with van der Waals surface area (Å²) in [6.45, 7) is 1.55. The topological polar surface area (TPSA) is 44.0 Å². The van der Waals surface area contributed by atoms with Crippen molar-refractivity contribution in [2.24, 2.45) is 0 Å². The Morgan fingerprint density at radius 2 is 2.00 bits per heavy atom. The molecular weight excluding hydrogens is 359 g/mol. The Morgan fingerprint density at radius 3 is 2.64 bits per heavy atom. The lowest BCUT2D eigenvalue weighted by atomic mass is 10.1. The number of likely N-dealkylation sites (N-methyl/N-ethyl adjacent to an activating group) is 1. The number of hydrogen-bond donors (Lipinski definition) is 2. The molecule has 2 aromatic heterocycles. The van der Waals surface area contributed by atoms with Crippen LogP contribution in [0.3, 0.4) is 0 Å². The first-order valence-electron chi connectivity index (χ1n) is 7.82. The summed E-state index contributed by atoms with van der Waals surface area (Å²) in [5.74, 6) is -0.234. The largest absolute Gasteiger partial charge is 0.311 e. The van der Waals surface area contributed by atoms with Crippen molar-refractivity contribution < 1.29 is 4.39 Å². The summed E-state index contributed by atoms with van der Waals surface area (Å²) >= 11 is 1.72. The molecule has 7 heteroatoms. The number of H-pyrrole nitrogens is 1. The quantitative estimate of drug-likeness (QED) is 0.648. The number of benzene rings is 1. The van der Waals surface area contributed by atoms with Crippen LogP contribution in [0.2, 0.25) is 0 Å². The summed E-state index contributed by atoms with van der Waals surface area (Å²) in [4.78, 5) is 2.21. The number of rotatable bonds is 7. The van der Waals surface area contributed by atoms with Gasteiger partial charge in [0, 0.05) is 30.3 Å². The minimum atomic E-state index is -0.234. The van der Waals surface area contributed by atoms with Gasteiger partial charge in [-0.05, 0) is 60.8 Å². The molecule has 1 aromatic carbocycles. The predicted molar refractivity (Wildman–Crippen MR) is 104 cm³/mol. The fourth-order valence-corrected chi connectivity index (χ4v) is 3.43. The summed E-state index contributed by atoms with van der Waals surface area (Å²) in [6.07, 6.45) is 1.82. The number of nitrogens with one attached hydrogen (secondary N) is 2. The van der Waals surface area contributed by atoms with Crippen molar-refractivity contribution in [3.63, 3.8) is 0 Å². The molecular formula is C18H22ClFN4S. The molecule has 0 saturated carbocycles. The monoisotopic (exact) mass is 380 g/mol. The minimum absolute atomic E-state index is 0. The molecule has 1 atom stereocenters. The molecule has 25 heavy (non-hydrogen) atoms. The summed E-state index contributed by atoms with van der Waals surface area (Å²) in [5.41, 5.74) is 4.26. The highest BCUT2D eigenvalue weighted by atomic mass is 35.5. The average Bonchev–Trinajstić information content (AvgIpc) is 3.23. The maximum absolute atomic E-state index is 13.1. The lowest BCUT2D eigenvalue weighted by molar-refractivity contribution is 0.289. The number of halogens is 2. The average molecular weight is 381 g/mol. The van der Waals surface area contributed by atoms with Crippen molar-refractivity contribution in [3.8, 4) is 11.3 Å². The van der Waals surface area contributed by atoms with Crippen LogP contribution in [0.4, 0.5) is 4.39 Å².